The van der Waals surface area contributed by atoms with Gasteiger partial charge in [0.15, 0.2) is 0 Å². The quantitative estimate of drug-likeness (QED) is 0.491. The Balaban J connectivity index is 1.08. The minimum absolute atomic E-state index is 0.00582. The van der Waals surface area contributed by atoms with E-state index in [4.69, 9.17) is 0 Å². The molecular formula is C34H43FN6O4. The van der Waals surface area contributed by atoms with E-state index in [1.807, 2.05) is 29.2 Å². The molecule has 1 atom stereocenters. The molecule has 0 aromatic heterocycles. The molecule has 5 amide bonds. The van der Waals surface area contributed by atoms with Crippen LogP contribution in [-0.4, -0.2) is 101 Å². The highest BCUT2D eigenvalue weighted by Gasteiger charge is 2.36. The lowest BCUT2D eigenvalue weighted by molar-refractivity contribution is -0.140. The number of hydrogen-bond acceptors (Lipinski definition) is 5. The van der Waals surface area contributed by atoms with E-state index in [0.29, 0.717) is 51.6 Å². The number of carbonyl (C=O) groups excluding carboxylic acids is 4. The Morgan fingerprint density at radius 2 is 1.53 bits per heavy atom. The average molecular weight is 619 g/mol. The molecule has 4 aliphatic rings. The number of nitrogens with one attached hydrogen (secondary N) is 2. The molecule has 11 heteroatoms. The number of halogens is 1. The second-order valence-corrected chi connectivity index (χ2v) is 12.7. The highest BCUT2D eigenvalue weighted by atomic mass is 19.1. The van der Waals surface area contributed by atoms with Gasteiger partial charge in [0.25, 0.3) is 5.91 Å². The van der Waals surface area contributed by atoms with Crippen LogP contribution in [0.3, 0.4) is 0 Å². The van der Waals surface area contributed by atoms with Gasteiger partial charge < -0.3 is 30.2 Å². The second kappa shape index (κ2) is 14.0. The van der Waals surface area contributed by atoms with Gasteiger partial charge >= 0.3 is 6.03 Å². The smallest absolute Gasteiger partial charge is 0.322 e. The van der Waals surface area contributed by atoms with Crippen LogP contribution in [0, 0.1) is 5.82 Å². The van der Waals surface area contributed by atoms with Crippen molar-refractivity contribution in [1.82, 2.24) is 24.9 Å². The number of hydrogen-bond donors (Lipinski definition) is 2. The maximum Gasteiger partial charge on any atom is 0.322 e. The van der Waals surface area contributed by atoms with Gasteiger partial charge in [-0.1, -0.05) is 30.7 Å². The Labute approximate surface area is 263 Å². The number of anilines is 1. The molecule has 2 aromatic rings. The van der Waals surface area contributed by atoms with E-state index in [2.05, 4.69) is 15.5 Å². The summed E-state index contributed by atoms with van der Waals surface area (Å²) in [6.07, 6.45) is 6.51. The summed E-state index contributed by atoms with van der Waals surface area (Å²) in [6.45, 7) is 4.79. The van der Waals surface area contributed by atoms with Crippen molar-refractivity contribution in [3.8, 4) is 0 Å². The van der Waals surface area contributed by atoms with Gasteiger partial charge in [0.2, 0.25) is 11.8 Å². The van der Waals surface area contributed by atoms with Gasteiger partial charge in [-0.3, -0.25) is 14.4 Å². The lowest BCUT2D eigenvalue weighted by Gasteiger charge is -2.41. The number of urea groups is 1. The van der Waals surface area contributed by atoms with Gasteiger partial charge in [0.1, 0.15) is 11.9 Å². The van der Waals surface area contributed by atoms with Crippen LogP contribution in [0.15, 0.2) is 48.5 Å². The van der Waals surface area contributed by atoms with Crippen LogP contribution in [-0.2, 0) is 16.1 Å². The summed E-state index contributed by atoms with van der Waals surface area (Å²) in [5, 5.41) is 5.73. The summed E-state index contributed by atoms with van der Waals surface area (Å²) in [7, 11) is 0. The zero-order valence-electron chi connectivity index (χ0n) is 25.8. The summed E-state index contributed by atoms with van der Waals surface area (Å²) in [6, 6.07) is 12.3. The third-order valence-electron chi connectivity index (χ3n) is 9.87. The first-order valence-corrected chi connectivity index (χ1v) is 16.4. The lowest BCUT2D eigenvalue weighted by Crippen LogP contribution is -2.55. The lowest BCUT2D eigenvalue weighted by atomic mass is 9.98. The van der Waals surface area contributed by atoms with E-state index in [9.17, 15) is 23.6 Å². The van der Waals surface area contributed by atoms with Crippen LogP contribution in [0.5, 0.6) is 0 Å². The third-order valence-corrected chi connectivity index (χ3v) is 9.87. The van der Waals surface area contributed by atoms with Gasteiger partial charge in [-0.15, -0.1) is 0 Å². The molecule has 3 saturated heterocycles. The highest BCUT2D eigenvalue weighted by molar-refractivity contribution is 5.99. The van der Waals surface area contributed by atoms with Crippen LogP contribution < -0.4 is 10.6 Å². The summed E-state index contributed by atoms with van der Waals surface area (Å²) < 4.78 is 13.9. The van der Waals surface area contributed by atoms with Crippen molar-refractivity contribution in [2.45, 2.75) is 76.0 Å². The van der Waals surface area contributed by atoms with Crippen molar-refractivity contribution in [2.24, 2.45) is 0 Å². The third kappa shape index (κ3) is 7.30. The molecule has 0 aliphatic carbocycles. The van der Waals surface area contributed by atoms with Crippen molar-refractivity contribution in [3.05, 3.63) is 65.5 Å². The van der Waals surface area contributed by atoms with E-state index in [-0.39, 0.29) is 35.9 Å². The molecule has 0 bridgehead atoms. The number of nitrogens with zero attached hydrogens (tertiary/aromatic N) is 4. The zero-order valence-corrected chi connectivity index (χ0v) is 25.8. The van der Waals surface area contributed by atoms with E-state index in [1.54, 1.807) is 9.80 Å². The molecule has 0 radical (unpaired) electrons. The number of fused-ring (bicyclic) bond motifs is 1. The molecular weight excluding hydrogens is 575 g/mol. The van der Waals surface area contributed by atoms with Crippen molar-refractivity contribution < 1.29 is 23.6 Å². The second-order valence-electron chi connectivity index (χ2n) is 12.7. The van der Waals surface area contributed by atoms with E-state index in [0.717, 1.165) is 43.2 Å². The standard InChI is InChI=1S/C34H43FN6O4/c35-26-9-6-8-24(21-26)32(43)36-30(33(44)40-19-11-27(12-20-40)38-15-4-1-5-16-38)22-31(42)39-17-13-28(14-18-39)41-23-25-7-2-3-10-29(25)37-34(41)45/h2-3,6-10,21,27-28,30H,1,4-5,11-20,22-23H2,(H,36,43)(H,37,45)/t30-/m0/s1. The fraction of sp³-hybridized carbons (Fsp3) is 0.529. The van der Waals surface area contributed by atoms with Crippen LogP contribution in [0.25, 0.3) is 0 Å². The molecule has 2 aromatic carbocycles. The maximum absolute atomic E-state index is 13.9. The van der Waals surface area contributed by atoms with Crippen LogP contribution in [0.2, 0.25) is 0 Å². The molecule has 45 heavy (non-hydrogen) atoms. The number of para-hydroxylation sites is 1. The van der Waals surface area contributed by atoms with Gasteiger partial charge in [-0.05, 0) is 81.4 Å². The summed E-state index contributed by atoms with van der Waals surface area (Å²) in [5.41, 5.74) is 2.00. The topological polar surface area (TPSA) is 105 Å². The van der Waals surface area contributed by atoms with Crippen LogP contribution in [0.4, 0.5) is 14.9 Å². The van der Waals surface area contributed by atoms with Gasteiger partial charge in [0, 0.05) is 56.1 Å². The van der Waals surface area contributed by atoms with Crippen LogP contribution >= 0.6 is 0 Å². The van der Waals surface area contributed by atoms with E-state index in [1.165, 1.54) is 37.5 Å². The predicted octanol–water partition coefficient (Wildman–Crippen LogP) is 3.83. The van der Waals surface area contributed by atoms with Crippen molar-refractivity contribution >= 4 is 29.4 Å². The number of benzene rings is 2. The molecule has 2 N–H and O–H groups in total. The number of rotatable bonds is 7. The largest absolute Gasteiger partial charge is 0.342 e. The molecule has 240 valence electrons. The molecule has 0 spiro atoms. The average Bonchev–Trinajstić information content (AvgIpc) is 3.08. The van der Waals surface area contributed by atoms with Crippen molar-refractivity contribution in [3.63, 3.8) is 0 Å². The SMILES string of the molecule is O=C(N[C@@H](CC(=O)N1CCC(N2Cc3ccccc3NC2=O)CC1)C(=O)N1CCC(N2CCCCC2)CC1)c1cccc(F)c1. The van der Waals surface area contributed by atoms with Crippen molar-refractivity contribution in [1.29, 1.82) is 0 Å². The van der Waals surface area contributed by atoms with Crippen LogP contribution in [0.1, 0.15) is 67.3 Å². The molecule has 10 nitrogen and oxygen atoms in total. The monoisotopic (exact) mass is 618 g/mol. The minimum atomic E-state index is -1.05. The number of likely N-dealkylation sites (tertiary alicyclic amines) is 3. The van der Waals surface area contributed by atoms with Crippen molar-refractivity contribution in [2.75, 3.05) is 44.6 Å². The predicted molar refractivity (Wildman–Crippen MR) is 168 cm³/mol. The Morgan fingerprint density at radius 1 is 0.844 bits per heavy atom. The zero-order chi connectivity index (χ0) is 31.3. The fourth-order valence-electron chi connectivity index (χ4n) is 7.27. The normalized spacial score (nSPS) is 20.7. The van der Waals surface area contributed by atoms with E-state index < -0.39 is 17.8 Å². The molecule has 3 fully saturated rings. The summed E-state index contributed by atoms with van der Waals surface area (Å²) in [4.78, 5) is 61.2. The Bertz CT molecular complexity index is 1400. The minimum Gasteiger partial charge on any atom is -0.342 e. The van der Waals surface area contributed by atoms with Gasteiger partial charge in [-0.25, -0.2) is 9.18 Å². The highest BCUT2D eigenvalue weighted by Crippen LogP contribution is 2.28. The molecule has 0 unspecified atom stereocenters. The molecule has 6 rings (SSSR count). The first kappa shape index (κ1) is 31.0. The summed E-state index contributed by atoms with van der Waals surface area (Å²) >= 11 is 0. The van der Waals surface area contributed by atoms with Gasteiger partial charge in [-0.2, -0.15) is 0 Å². The summed E-state index contributed by atoms with van der Waals surface area (Å²) in [5.74, 6) is -1.62. The Morgan fingerprint density at radius 3 is 2.27 bits per heavy atom. The fourth-order valence-corrected chi connectivity index (χ4v) is 7.27. The Hall–Kier alpha value is -3.99. The first-order valence-electron chi connectivity index (χ1n) is 16.4. The number of carbonyl (C=O) groups is 4. The first-order chi connectivity index (χ1) is 21.9. The van der Waals surface area contributed by atoms with Gasteiger partial charge in [0.05, 0.1) is 6.42 Å². The number of piperidine rings is 3. The molecule has 0 saturated carbocycles. The Kier molecular flexibility index (Phi) is 9.63. The van der Waals surface area contributed by atoms with E-state index >= 15 is 0 Å². The molecule has 4 heterocycles. The maximum atomic E-state index is 13.9. The number of amides is 5. The molecule has 4 aliphatic heterocycles.